The summed E-state index contributed by atoms with van der Waals surface area (Å²) in [4.78, 5) is 66.3. The van der Waals surface area contributed by atoms with Gasteiger partial charge in [0.1, 0.15) is 0 Å². The summed E-state index contributed by atoms with van der Waals surface area (Å²) in [5.74, 6) is -2.17. The van der Waals surface area contributed by atoms with Gasteiger partial charge >= 0.3 is 85.3 Å². The standard InChI is InChI=1S/2C2H4O2.2Na.2H3O4P.Zr/c2*1-2(3)4;;;2*1-5(2,3)4;/h2*1H3,(H,3,4);;;2*(H3,1,2,3,4);/q;;2*+1;;;+4/p-6. The molecule has 0 aromatic carbocycles. The Kier molecular flexibility index (Phi) is 50.3. The molecular formula is C4H8Na2O12P2Zr. The molecule has 0 fully saturated rings. The predicted molar refractivity (Wildman–Crippen MR) is 41.0 cm³/mol. The van der Waals surface area contributed by atoms with Gasteiger partial charge in [-0.15, -0.1) is 0 Å². The van der Waals surface area contributed by atoms with E-state index in [0.29, 0.717) is 0 Å². The van der Waals surface area contributed by atoms with Crippen LogP contribution in [0.3, 0.4) is 0 Å². The largest absolute Gasteiger partial charge is 4.00 e. The van der Waals surface area contributed by atoms with Gasteiger partial charge in [-0.2, -0.15) is 0 Å². The summed E-state index contributed by atoms with van der Waals surface area (Å²) in [6.07, 6.45) is 0. The van der Waals surface area contributed by atoms with E-state index in [4.69, 9.17) is 58.3 Å². The van der Waals surface area contributed by atoms with Crippen molar-refractivity contribution >= 4 is 27.6 Å². The van der Waals surface area contributed by atoms with Gasteiger partial charge in [0.05, 0.1) is 15.6 Å². The van der Waals surface area contributed by atoms with Crippen LogP contribution in [0.1, 0.15) is 13.8 Å². The van der Waals surface area contributed by atoms with E-state index < -0.39 is 27.6 Å². The van der Waals surface area contributed by atoms with Crippen LogP contribution in [-0.2, 0) is 44.9 Å². The zero-order chi connectivity index (χ0) is 16.2. The average molecular weight is 447 g/mol. The Hall–Kier alpha value is 2.04. The maximum Gasteiger partial charge on any atom is 4.00 e. The smallest absolute Gasteiger partial charge is 0.790 e. The van der Waals surface area contributed by atoms with Crippen molar-refractivity contribution < 1.29 is 144 Å². The van der Waals surface area contributed by atoms with Crippen molar-refractivity contribution in [2.75, 3.05) is 0 Å². The molecule has 0 aliphatic carbocycles. The molecule has 0 saturated carbocycles. The minimum Gasteiger partial charge on any atom is -0.790 e. The van der Waals surface area contributed by atoms with Gasteiger partial charge in [-0.1, -0.05) is 0 Å². The Morgan fingerprint density at radius 1 is 0.762 bits per heavy atom. The number of aliphatic carboxylic acids is 2. The third-order valence-electron chi connectivity index (χ3n) is 0. The van der Waals surface area contributed by atoms with E-state index in [9.17, 15) is 0 Å². The minimum atomic E-state index is -5.14. The Balaban J connectivity index is -0.0000000239. The van der Waals surface area contributed by atoms with Gasteiger partial charge in [-0.25, -0.2) is 0 Å². The van der Waals surface area contributed by atoms with E-state index in [0.717, 1.165) is 13.8 Å². The summed E-state index contributed by atoms with van der Waals surface area (Å²) in [6.45, 7) is 1.94. The molecule has 0 aliphatic heterocycles. The second-order valence-electron chi connectivity index (χ2n) is 1.92. The maximum absolute atomic E-state index is 8.89. The summed E-state index contributed by atoms with van der Waals surface area (Å²) in [7, 11) is -10.3. The van der Waals surface area contributed by atoms with Gasteiger partial charge in [0.15, 0.2) is 0 Å². The molecule has 0 unspecified atom stereocenters. The third-order valence-corrected chi connectivity index (χ3v) is 0. The first-order chi connectivity index (χ1) is 7.46. The van der Waals surface area contributed by atoms with Crippen LogP contribution in [0.25, 0.3) is 0 Å². The van der Waals surface area contributed by atoms with E-state index >= 15 is 0 Å². The Morgan fingerprint density at radius 3 is 0.762 bits per heavy atom. The van der Waals surface area contributed by atoms with Gasteiger partial charge in [0.25, 0.3) is 0 Å². The Morgan fingerprint density at radius 2 is 0.762 bits per heavy atom. The molecule has 21 heavy (non-hydrogen) atoms. The number of hydrogen-bond acceptors (Lipinski definition) is 10. The van der Waals surface area contributed by atoms with Crippen molar-refractivity contribution in [2.45, 2.75) is 13.8 Å². The van der Waals surface area contributed by atoms with Gasteiger partial charge < -0.3 is 58.3 Å². The molecule has 0 aliphatic rings. The number of carbonyl (C=O) groups excluding carboxylic acids is 2. The summed E-state index contributed by atoms with van der Waals surface area (Å²) < 4.78 is 17.3. The van der Waals surface area contributed by atoms with Crippen LogP contribution in [0.2, 0.25) is 0 Å². The normalized spacial score (nSPS) is 8.00. The topological polar surface area (TPSA) is 247 Å². The van der Waals surface area contributed by atoms with Crippen LogP contribution in [0.15, 0.2) is 0 Å². The molecule has 0 amide bonds. The second kappa shape index (κ2) is 24.3. The molecule has 0 rings (SSSR count). The van der Waals surface area contributed by atoms with Crippen LogP contribution in [-0.4, -0.2) is 21.7 Å². The van der Waals surface area contributed by atoms with Crippen LogP contribution < -0.4 is 88.9 Å². The van der Waals surface area contributed by atoms with E-state index in [1.54, 1.807) is 0 Å². The van der Waals surface area contributed by atoms with Gasteiger partial charge in [0.2, 0.25) is 0 Å². The zero-order valence-electron chi connectivity index (χ0n) is 11.4. The van der Waals surface area contributed by atoms with Gasteiger partial charge in [0, 0.05) is 11.9 Å². The molecule has 0 aromatic heterocycles. The van der Waals surface area contributed by atoms with Crippen molar-refractivity contribution in [3.63, 3.8) is 0 Å². The molecule has 0 saturated heterocycles. The van der Waals surface area contributed by atoms with Crippen LogP contribution in [0, 0.1) is 0 Å². The Labute approximate surface area is 183 Å². The van der Waals surface area contributed by atoms with Crippen LogP contribution in [0.5, 0.6) is 0 Å². The van der Waals surface area contributed by atoms with E-state index in [2.05, 4.69) is 0 Å². The summed E-state index contributed by atoms with van der Waals surface area (Å²) in [6, 6.07) is 0. The molecule has 0 heterocycles. The molecular weight excluding hydrogens is 439 g/mol. The first-order valence-electron chi connectivity index (χ1n) is 3.31. The van der Waals surface area contributed by atoms with Crippen molar-refractivity contribution in [3.05, 3.63) is 0 Å². The first-order valence-corrected chi connectivity index (χ1v) is 6.30. The van der Waals surface area contributed by atoms with Crippen molar-refractivity contribution in [3.8, 4) is 0 Å². The molecule has 0 aromatic rings. The minimum absolute atomic E-state index is 0. The fraction of sp³-hybridized carbons (Fsp3) is 0.500. The zero-order valence-corrected chi connectivity index (χ0v) is 19.6. The summed E-state index contributed by atoms with van der Waals surface area (Å²) >= 11 is 0. The number of rotatable bonds is 0. The quantitative estimate of drug-likeness (QED) is 0.259. The molecule has 0 bridgehead atoms. The van der Waals surface area contributed by atoms with Gasteiger partial charge in [-0.05, 0) is 13.8 Å². The summed E-state index contributed by atoms with van der Waals surface area (Å²) in [5, 5.41) is 17.8. The summed E-state index contributed by atoms with van der Waals surface area (Å²) in [5.41, 5.74) is 0. The Bertz CT molecular complexity index is 269. The maximum atomic E-state index is 8.89. The first kappa shape index (κ1) is 43.5. The number of phosphoric acid groups is 2. The molecule has 2 N–H and O–H groups in total. The third kappa shape index (κ3) is 2120. The monoisotopic (exact) mass is 446 g/mol. The van der Waals surface area contributed by atoms with Crippen LogP contribution >= 0.6 is 15.6 Å². The van der Waals surface area contributed by atoms with E-state index in [-0.39, 0.29) is 85.3 Å². The second-order valence-corrected chi connectivity index (χ2v) is 3.79. The molecule has 12 nitrogen and oxygen atoms in total. The predicted octanol–water partition coefficient (Wildman–Crippen LogP) is -12.9. The van der Waals surface area contributed by atoms with E-state index in [1.165, 1.54) is 0 Å². The number of hydrogen-bond donors (Lipinski definition) is 2. The number of carbonyl (C=O) groups is 2. The van der Waals surface area contributed by atoms with Crippen LogP contribution in [0.4, 0.5) is 0 Å². The SMILES string of the molecule is CC(=O)[O-].CC(=O)[O-].O=P([O-])([O-])O.O=P([O-])([O-])O.[Na+].[Na+].[Zr+4]. The fourth-order valence-electron chi connectivity index (χ4n) is 0. The molecule has 0 spiro atoms. The van der Waals surface area contributed by atoms with Crippen molar-refractivity contribution in [2.24, 2.45) is 0 Å². The van der Waals surface area contributed by atoms with E-state index in [1.807, 2.05) is 0 Å². The van der Waals surface area contributed by atoms with Crippen molar-refractivity contribution in [1.82, 2.24) is 0 Å². The molecule has 112 valence electrons. The molecule has 17 heteroatoms. The number of carboxylic acids is 2. The number of carboxylic acid groups (broad SMARTS) is 2. The molecule has 0 radical (unpaired) electrons. The average Bonchev–Trinajstić information content (AvgIpc) is 1.70. The molecule has 0 atom stereocenters. The fourth-order valence-corrected chi connectivity index (χ4v) is 0. The van der Waals surface area contributed by atoms with Crippen molar-refractivity contribution in [1.29, 1.82) is 0 Å². The van der Waals surface area contributed by atoms with Gasteiger partial charge in [-0.3, -0.25) is 0 Å².